The zero-order valence-corrected chi connectivity index (χ0v) is 18.2. The predicted octanol–water partition coefficient (Wildman–Crippen LogP) is 5.75. The molecule has 29 heavy (non-hydrogen) atoms. The van der Waals surface area contributed by atoms with E-state index >= 15 is 0 Å². The third-order valence-electron chi connectivity index (χ3n) is 4.60. The van der Waals surface area contributed by atoms with Crippen molar-refractivity contribution in [1.29, 1.82) is 0 Å². The smallest absolute Gasteiger partial charge is 0.307 e. The molecular weight excluding hydrogens is 360 g/mol. The van der Waals surface area contributed by atoms with E-state index in [0.717, 1.165) is 39.1 Å². The second-order valence-electron chi connectivity index (χ2n) is 8.48. The molecule has 0 saturated carbocycles. The molecule has 0 aromatic heterocycles. The summed E-state index contributed by atoms with van der Waals surface area (Å²) < 4.78 is 6.17. The van der Waals surface area contributed by atoms with Gasteiger partial charge in [0.2, 0.25) is 0 Å². The van der Waals surface area contributed by atoms with Crippen molar-refractivity contribution < 1.29 is 14.6 Å². The van der Waals surface area contributed by atoms with Crippen molar-refractivity contribution in [2.75, 3.05) is 0 Å². The average molecular weight is 391 g/mol. The Kier molecular flexibility index (Phi) is 6.93. The lowest BCUT2D eigenvalue weighted by atomic mass is 9.82. The number of carbonyl (C=O) groups is 1. The van der Waals surface area contributed by atoms with Gasteiger partial charge in [-0.15, -0.1) is 0 Å². The zero-order chi connectivity index (χ0) is 21.8. The topological polar surface area (TPSA) is 46.5 Å². The molecule has 1 N–H and O–H groups in total. The number of rotatable bonds is 5. The molecule has 2 rings (SSSR count). The summed E-state index contributed by atoms with van der Waals surface area (Å²) >= 11 is 0. The number of benzene rings is 2. The molecule has 0 aliphatic heterocycles. The van der Waals surface area contributed by atoms with Crippen LogP contribution in [-0.2, 0) is 16.6 Å². The van der Waals surface area contributed by atoms with E-state index in [4.69, 9.17) is 9.84 Å². The minimum absolute atomic E-state index is 0.0156. The van der Waals surface area contributed by atoms with Gasteiger partial charge in [-0.05, 0) is 55.5 Å². The van der Waals surface area contributed by atoms with Gasteiger partial charge in [0.15, 0.2) is 0 Å². The van der Waals surface area contributed by atoms with E-state index in [9.17, 15) is 4.79 Å². The van der Waals surface area contributed by atoms with Crippen LogP contribution in [0, 0.1) is 18.8 Å². The lowest BCUT2D eigenvalue weighted by Gasteiger charge is -2.27. The molecule has 0 radical (unpaired) electrons. The van der Waals surface area contributed by atoms with E-state index in [1.54, 1.807) is 12.1 Å². The summed E-state index contributed by atoms with van der Waals surface area (Å²) in [4.78, 5) is 10.8. The molecule has 2 aromatic carbocycles. The molecular formula is C26H30O3. The summed E-state index contributed by atoms with van der Waals surface area (Å²) in [5, 5.41) is 8.89. The lowest BCUT2D eigenvalue weighted by Crippen LogP contribution is -2.18. The van der Waals surface area contributed by atoms with Crippen LogP contribution in [0.2, 0.25) is 0 Å². The molecule has 0 aliphatic carbocycles. The molecule has 0 fully saturated rings. The van der Waals surface area contributed by atoms with Crippen LogP contribution in [0.4, 0.5) is 0 Å². The van der Waals surface area contributed by atoms with Gasteiger partial charge in [-0.1, -0.05) is 57.4 Å². The minimum atomic E-state index is -0.838. The largest absolute Gasteiger partial charge is 0.490 e. The van der Waals surface area contributed by atoms with Crippen LogP contribution >= 0.6 is 0 Å². The Balaban J connectivity index is 2.53. The number of aliphatic carboxylic acids is 1. The molecule has 0 atom stereocenters. The second kappa shape index (κ2) is 9.01. The number of carboxylic acids is 1. The highest BCUT2D eigenvalue weighted by Crippen LogP contribution is 2.38. The van der Waals surface area contributed by atoms with Crippen LogP contribution in [0.3, 0.4) is 0 Å². The number of hydrogen-bond acceptors (Lipinski definition) is 2. The van der Waals surface area contributed by atoms with Crippen molar-refractivity contribution in [1.82, 2.24) is 0 Å². The first-order valence-corrected chi connectivity index (χ1v) is 9.83. The first-order valence-electron chi connectivity index (χ1n) is 9.83. The third-order valence-corrected chi connectivity index (χ3v) is 4.60. The highest BCUT2D eigenvalue weighted by molar-refractivity contribution is 5.70. The van der Waals surface area contributed by atoms with Crippen LogP contribution in [0.15, 0.2) is 36.9 Å². The molecule has 3 nitrogen and oxygen atoms in total. The molecule has 2 aromatic rings. The van der Waals surface area contributed by atoms with Crippen LogP contribution in [-0.4, -0.2) is 17.2 Å². The summed E-state index contributed by atoms with van der Waals surface area (Å²) in [6, 6.07) is 9.44. The molecule has 0 spiro atoms. The van der Waals surface area contributed by atoms with Gasteiger partial charge in [-0.3, -0.25) is 4.79 Å². The minimum Gasteiger partial charge on any atom is -0.490 e. The second-order valence-corrected chi connectivity index (χ2v) is 8.48. The highest BCUT2D eigenvalue weighted by Gasteiger charge is 2.24. The lowest BCUT2D eigenvalue weighted by molar-refractivity contribution is -0.136. The normalized spacial score (nSPS) is 11.0. The fraction of sp³-hybridized carbons (Fsp3) is 0.346. The molecule has 0 saturated heterocycles. The fourth-order valence-corrected chi connectivity index (χ4v) is 3.09. The van der Waals surface area contributed by atoms with Crippen LogP contribution < -0.4 is 4.74 Å². The Morgan fingerprint density at radius 2 is 1.83 bits per heavy atom. The maximum absolute atomic E-state index is 10.8. The predicted molar refractivity (Wildman–Crippen MR) is 119 cm³/mol. The van der Waals surface area contributed by atoms with Crippen LogP contribution in [0.25, 0.3) is 6.08 Å². The first-order chi connectivity index (χ1) is 13.5. The standard InChI is InChI=1S/C26H30O3/c1-8-22-18(4)21(16-23(26(5,6)7)25(22)29-17(2)3)14-13-19-9-11-20(12-10-19)15-24(27)28/h8-12,16-17H,1,15H2,2-7H3,(H,27,28). The van der Waals surface area contributed by atoms with Crippen molar-refractivity contribution in [3.05, 3.63) is 70.3 Å². The molecule has 0 heterocycles. The molecule has 152 valence electrons. The third kappa shape index (κ3) is 5.74. The quantitative estimate of drug-likeness (QED) is 0.661. The Morgan fingerprint density at radius 1 is 1.21 bits per heavy atom. The highest BCUT2D eigenvalue weighted by atomic mass is 16.5. The monoisotopic (exact) mass is 390 g/mol. The zero-order valence-electron chi connectivity index (χ0n) is 18.2. The van der Waals surface area contributed by atoms with Gasteiger partial charge in [0.25, 0.3) is 0 Å². The van der Waals surface area contributed by atoms with Crippen molar-refractivity contribution in [2.45, 2.75) is 59.5 Å². The van der Waals surface area contributed by atoms with Crippen molar-refractivity contribution in [3.8, 4) is 17.6 Å². The van der Waals surface area contributed by atoms with Crippen molar-refractivity contribution in [2.24, 2.45) is 0 Å². The Labute approximate surface area is 174 Å². The van der Waals surface area contributed by atoms with E-state index < -0.39 is 5.97 Å². The Morgan fingerprint density at radius 3 is 2.31 bits per heavy atom. The fourth-order valence-electron chi connectivity index (χ4n) is 3.09. The summed E-state index contributed by atoms with van der Waals surface area (Å²) in [6.45, 7) is 16.6. The summed E-state index contributed by atoms with van der Waals surface area (Å²) in [5.41, 5.74) is 5.57. The Hall–Kier alpha value is -2.99. The SMILES string of the molecule is C=Cc1c(C)c(C#Cc2ccc(CC(=O)O)cc2)cc(C(C)(C)C)c1OC(C)C. The van der Waals surface area contributed by atoms with E-state index in [0.29, 0.717) is 0 Å². The number of carboxylic acid groups (broad SMARTS) is 1. The van der Waals surface area contributed by atoms with E-state index in [1.807, 2.05) is 39.0 Å². The van der Waals surface area contributed by atoms with E-state index in [2.05, 4.69) is 45.3 Å². The van der Waals surface area contributed by atoms with E-state index in [1.165, 1.54) is 0 Å². The maximum Gasteiger partial charge on any atom is 0.307 e. The molecule has 0 bridgehead atoms. The van der Waals surface area contributed by atoms with Gasteiger partial charge in [-0.25, -0.2) is 0 Å². The van der Waals surface area contributed by atoms with Crippen LogP contribution in [0.1, 0.15) is 68.0 Å². The van der Waals surface area contributed by atoms with Gasteiger partial charge < -0.3 is 9.84 Å². The van der Waals surface area contributed by atoms with Crippen molar-refractivity contribution >= 4 is 12.0 Å². The Bertz CT molecular complexity index is 962. The summed E-state index contributed by atoms with van der Waals surface area (Å²) in [7, 11) is 0. The van der Waals surface area contributed by atoms with Gasteiger partial charge in [0, 0.05) is 22.3 Å². The van der Waals surface area contributed by atoms with Gasteiger partial charge in [0.1, 0.15) is 5.75 Å². The van der Waals surface area contributed by atoms with E-state index in [-0.39, 0.29) is 17.9 Å². The molecule has 0 aliphatic rings. The molecule has 0 amide bonds. The summed E-state index contributed by atoms with van der Waals surface area (Å²) in [5.74, 6) is 6.53. The number of ether oxygens (including phenoxy) is 1. The summed E-state index contributed by atoms with van der Waals surface area (Å²) in [6.07, 6.45) is 1.92. The first kappa shape index (κ1) is 22.3. The molecule has 3 heteroatoms. The van der Waals surface area contributed by atoms with Crippen LogP contribution in [0.5, 0.6) is 5.75 Å². The van der Waals surface area contributed by atoms with Gasteiger partial charge in [0.05, 0.1) is 12.5 Å². The van der Waals surface area contributed by atoms with Gasteiger partial charge in [-0.2, -0.15) is 0 Å². The number of hydrogen-bond donors (Lipinski definition) is 1. The molecule has 0 unspecified atom stereocenters. The van der Waals surface area contributed by atoms with Crippen molar-refractivity contribution in [3.63, 3.8) is 0 Å². The van der Waals surface area contributed by atoms with Gasteiger partial charge >= 0.3 is 5.97 Å². The average Bonchev–Trinajstić information content (AvgIpc) is 2.60. The maximum atomic E-state index is 10.8.